The van der Waals surface area contributed by atoms with Gasteiger partial charge in [-0.15, -0.1) is 0 Å². The van der Waals surface area contributed by atoms with Crippen LogP contribution >= 0.6 is 0 Å². The highest BCUT2D eigenvalue weighted by atomic mass is 32.2. The summed E-state index contributed by atoms with van der Waals surface area (Å²) < 4.78 is 32.0. The first kappa shape index (κ1) is 15.4. The highest BCUT2D eigenvalue weighted by Gasteiger charge is 2.22. The fourth-order valence-corrected chi connectivity index (χ4v) is 2.80. The van der Waals surface area contributed by atoms with Gasteiger partial charge in [0.25, 0.3) is 0 Å². The summed E-state index contributed by atoms with van der Waals surface area (Å²) in [5.41, 5.74) is 1.27. The van der Waals surface area contributed by atoms with Gasteiger partial charge in [-0.3, -0.25) is 0 Å². The SMILES string of the molecule is Cc1c(CO[Si](C)(C)C)ncn1S(=O)(=O)N(C)C. The lowest BCUT2D eigenvalue weighted by molar-refractivity contribution is 0.294. The van der Waals surface area contributed by atoms with E-state index >= 15 is 0 Å². The van der Waals surface area contributed by atoms with E-state index < -0.39 is 18.5 Å². The summed E-state index contributed by atoms with van der Waals surface area (Å²) in [5, 5.41) is 0. The van der Waals surface area contributed by atoms with Crippen molar-refractivity contribution in [3.63, 3.8) is 0 Å². The van der Waals surface area contributed by atoms with Crippen LogP contribution in [0.25, 0.3) is 0 Å². The lowest BCUT2D eigenvalue weighted by atomic mass is 10.4. The predicted octanol–water partition coefficient (Wildman–Crippen LogP) is 1.20. The molecule has 1 aromatic heterocycles. The van der Waals surface area contributed by atoms with Crippen molar-refractivity contribution in [2.24, 2.45) is 0 Å². The minimum atomic E-state index is -3.50. The number of rotatable bonds is 5. The lowest BCUT2D eigenvalue weighted by Gasteiger charge is -2.17. The van der Waals surface area contributed by atoms with Crippen LogP contribution in [0.2, 0.25) is 19.6 Å². The van der Waals surface area contributed by atoms with Gasteiger partial charge in [-0.05, 0) is 26.6 Å². The molecular weight excluding hydrogens is 270 g/mol. The van der Waals surface area contributed by atoms with E-state index in [0.717, 1.165) is 4.31 Å². The number of imidazole rings is 1. The van der Waals surface area contributed by atoms with E-state index in [9.17, 15) is 8.42 Å². The maximum Gasteiger partial charge on any atom is 0.308 e. The molecule has 18 heavy (non-hydrogen) atoms. The van der Waals surface area contributed by atoms with Crippen molar-refractivity contribution in [2.75, 3.05) is 14.1 Å². The molecule has 0 radical (unpaired) electrons. The molecule has 1 rings (SSSR count). The van der Waals surface area contributed by atoms with E-state index in [0.29, 0.717) is 18.0 Å². The average Bonchev–Trinajstić information content (AvgIpc) is 2.56. The second-order valence-corrected chi connectivity index (χ2v) is 11.8. The fraction of sp³-hybridized carbons (Fsp3) is 0.700. The molecule has 0 saturated heterocycles. The molecule has 0 aliphatic rings. The predicted molar refractivity (Wildman–Crippen MR) is 73.1 cm³/mol. The van der Waals surface area contributed by atoms with Crippen molar-refractivity contribution in [1.82, 2.24) is 13.3 Å². The first-order chi connectivity index (χ1) is 8.05. The summed E-state index contributed by atoms with van der Waals surface area (Å²) in [5.74, 6) is 0. The highest BCUT2D eigenvalue weighted by molar-refractivity contribution is 7.87. The Morgan fingerprint density at radius 2 is 1.94 bits per heavy atom. The number of nitrogens with zero attached hydrogens (tertiary/aromatic N) is 3. The third-order valence-corrected chi connectivity index (χ3v) is 5.22. The van der Waals surface area contributed by atoms with E-state index in [1.54, 1.807) is 6.92 Å². The first-order valence-corrected chi connectivity index (χ1v) is 10.5. The Hall–Kier alpha value is -0.703. The van der Waals surface area contributed by atoms with Crippen molar-refractivity contribution in [2.45, 2.75) is 33.2 Å². The van der Waals surface area contributed by atoms with Crippen LogP contribution in [0.1, 0.15) is 11.4 Å². The molecule has 0 unspecified atom stereocenters. The van der Waals surface area contributed by atoms with Crippen LogP contribution in [0.4, 0.5) is 0 Å². The molecule has 0 saturated carbocycles. The van der Waals surface area contributed by atoms with Gasteiger partial charge in [0.1, 0.15) is 6.33 Å². The summed E-state index contributed by atoms with van der Waals surface area (Å²) in [6.07, 6.45) is 1.33. The largest absolute Gasteiger partial charge is 0.412 e. The fourth-order valence-electron chi connectivity index (χ4n) is 1.26. The second kappa shape index (κ2) is 5.12. The summed E-state index contributed by atoms with van der Waals surface area (Å²) >= 11 is 0. The lowest BCUT2D eigenvalue weighted by Crippen LogP contribution is -2.29. The van der Waals surface area contributed by atoms with E-state index in [4.69, 9.17) is 4.43 Å². The van der Waals surface area contributed by atoms with Crippen molar-refractivity contribution in [3.8, 4) is 0 Å². The van der Waals surface area contributed by atoms with Gasteiger partial charge in [-0.25, -0.2) is 8.96 Å². The van der Waals surface area contributed by atoms with Gasteiger partial charge < -0.3 is 4.43 Å². The smallest absolute Gasteiger partial charge is 0.308 e. The summed E-state index contributed by atoms with van der Waals surface area (Å²) in [4.78, 5) is 4.12. The molecule has 8 heteroatoms. The normalized spacial score (nSPS) is 13.3. The number of hydrogen-bond acceptors (Lipinski definition) is 4. The molecule has 0 aromatic carbocycles. The zero-order valence-electron chi connectivity index (χ0n) is 11.8. The van der Waals surface area contributed by atoms with Gasteiger partial charge in [-0.2, -0.15) is 12.7 Å². The van der Waals surface area contributed by atoms with Gasteiger partial charge in [0, 0.05) is 14.1 Å². The molecule has 0 spiro atoms. The van der Waals surface area contributed by atoms with Crippen LogP contribution < -0.4 is 0 Å². The summed E-state index contributed by atoms with van der Waals surface area (Å²) in [7, 11) is -2.14. The number of hydrogen-bond donors (Lipinski definition) is 0. The quantitative estimate of drug-likeness (QED) is 0.765. The molecule has 1 aromatic rings. The van der Waals surface area contributed by atoms with Gasteiger partial charge in [-0.1, -0.05) is 0 Å². The molecule has 0 N–H and O–H groups in total. The van der Waals surface area contributed by atoms with E-state index in [1.807, 2.05) is 0 Å². The third kappa shape index (κ3) is 3.41. The van der Waals surface area contributed by atoms with Crippen LogP contribution in [-0.4, -0.2) is 44.1 Å². The van der Waals surface area contributed by atoms with Crippen molar-refractivity contribution in [1.29, 1.82) is 0 Å². The van der Waals surface area contributed by atoms with Crippen molar-refractivity contribution >= 4 is 18.5 Å². The molecule has 0 aliphatic carbocycles. The summed E-state index contributed by atoms with van der Waals surface area (Å²) in [6, 6.07) is 0. The molecule has 104 valence electrons. The molecule has 0 fully saturated rings. The molecule has 6 nitrogen and oxygen atoms in total. The van der Waals surface area contributed by atoms with Gasteiger partial charge in [0.2, 0.25) is 0 Å². The summed E-state index contributed by atoms with van der Waals surface area (Å²) in [6.45, 7) is 8.33. The minimum absolute atomic E-state index is 0.359. The molecular formula is C10H21N3O3SSi. The molecule has 0 bridgehead atoms. The maximum atomic E-state index is 12.0. The Labute approximate surface area is 110 Å². The van der Waals surface area contributed by atoms with Crippen LogP contribution in [0.15, 0.2) is 6.33 Å². The number of aromatic nitrogens is 2. The van der Waals surface area contributed by atoms with E-state index in [1.165, 1.54) is 24.4 Å². The Morgan fingerprint density at radius 3 is 2.39 bits per heavy atom. The van der Waals surface area contributed by atoms with E-state index in [-0.39, 0.29) is 0 Å². The molecule has 0 aliphatic heterocycles. The first-order valence-electron chi connectivity index (χ1n) is 5.65. The van der Waals surface area contributed by atoms with Gasteiger partial charge >= 0.3 is 10.2 Å². The Morgan fingerprint density at radius 1 is 1.39 bits per heavy atom. The molecule has 0 atom stereocenters. The topological polar surface area (TPSA) is 64.4 Å². The Bertz CT molecular complexity index is 517. The van der Waals surface area contributed by atoms with Crippen LogP contribution in [0.5, 0.6) is 0 Å². The Balaban J connectivity index is 2.99. The highest BCUT2D eigenvalue weighted by Crippen LogP contribution is 2.14. The van der Waals surface area contributed by atoms with Gasteiger partial charge in [0.05, 0.1) is 18.0 Å². The third-order valence-electron chi connectivity index (χ3n) is 2.42. The maximum absolute atomic E-state index is 12.0. The van der Waals surface area contributed by atoms with Crippen molar-refractivity contribution in [3.05, 3.63) is 17.7 Å². The molecule has 1 heterocycles. The van der Waals surface area contributed by atoms with E-state index in [2.05, 4.69) is 24.6 Å². The molecule has 0 amide bonds. The van der Waals surface area contributed by atoms with Crippen LogP contribution in [0, 0.1) is 6.92 Å². The second-order valence-electron chi connectivity index (χ2n) is 5.26. The van der Waals surface area contributed by atoms with Crippen LogP contribution in [-0.2, 0) is 21.2 Å². The van der Waals surface area contributed by atoms with Crippen LogP contribution in [0.3, 0.4) is 0 Å². The van der Waals surface area contributed by atoms with Gasteiger partial charge in [0.15, 0.2) is 8.32 Å². The average molecular weight is 291 g/mol. The monoisotopic (exact) mass is 291 g/mol. The zero-order chi connectivity index (χ0) is 14.1. The zero-order valence-corrected chi connectivity index (χ0v) is 13.6. The standard InChI is InChI=1S/C10H21N3O3SSi/c1-9-10(7-16-18(4,5)6)11-8-13(9)17(14,15)12(2)3/h8H,7H2,1-6H3. The minimum Gasteiger partial charge on any atom is -0.412 e. The van der Waals surface area contributed by atoms with Crippen molar-refractivity contribution < 1.29 is 12.8 Å². The Kier molecular flexibility index (Phi) is 4.37.